The van der Waals surface area contributed by atoms with Crippen LogP contribution in [0.4, 0.5) is 0 Å². The molecule has 0 aromatic heterocycles. The Morgan fingerprint density at radius 3 is 2.93 bits per heavy atom. The van der Waals surface area contributed by atoms with E-state index in [0.29, 0.717) is 11.5 Å². The zero-order valence-electron chi connectivity index (χ0n) is 8.95. The molecule has 15 heavy (non-hydrogen) atoms. The lowest BCUT2D eigenvalue weighted by molar-refractivity contribution is -0.148. The van der Waals surface area contributed by atoms with Gasteiger partial charge >= 0.3 is 5.97 Å². The fraction of sp³-hybridized carbons (Fsp3) is 0.667. The number of nitriles is 1. The Labute approximate surface area is 89.7 Å². The topological polar surface area (TPSA) is 50.1 Å². The Hall–Kier alpha value is -1.30. The molecule has 2 bridgehead atoms. The fourth-order valence-electron chi connectivity index (χ4n) is 2.77. The summed E-state index contributed by atoms with van der Waals surface area (Å²) in [4.78, 5) is 11.4. The number of esters is 1. The number of ether oxygens (including phenoxy) is 1. The standard InChI is InChI=1S/C12H15NO2/c1-8(2)11(14)15-10-5-9-3-4-12(10,6-9)7-13/h9-10H,1,3-6H2,2H3. The summed E-state index contributed by atoms with van der Waals surface area (Å²) < 4.78 is 5.34. The van der Waals surface area contributed by atoms with Crippen molar-refractivity contribution in [2.24, 2.45) is 11.3 Å². The number of carbonyl (C=O) groups is 1. The summed E-state index contributed by atoms with van der Waals surface area (Å²) in [6, 6.07) is 2.36. The lowest BCUT2D eigenvalue weighted by atomic mass is 9.83. The van der Waals surface area contributed by atoms with Crippen LogP contribution in [-0.4, -0.2) is 12.1 Å². The predicted octanol–water partition coefficient (Wildman–Crippen LogP) is 2.19. The molecule has 0 aromatic carbocycles. The lowest BCUT2D eigenvalue weighted by Gasteiger charge is -2.28. The number of hydrogen-bond acceptors (Lipinski definition) is 3. The molecule has 0 aliphatic heterocycles. The Balaban J connectivity index is 2.09. The van der Waals surface area contributed by atoms with Gasteiger partial charge in [-0.3, -0.25) is 0 Å². The first kappa shape index (κ1) is 10.2. The van der Waals surface area contributed by atoms with E-state index < -0.39 is 5.41 Å². The van der Waals surface area contributed by atoms with Gasteiger partial charge in [-0.25, -0.2) is 4.79 Å². The Morgan fingerprint density at radius 2 is 2.40 bits per heavy atom. The van der Waals surface area contributed by atoms with Crippen LogP contribution in [0.25, 0.3) is 0 Å². The molecule has 3 heteroatoms. The number of hydrogen-bond donors (Lipinski definition) is 0. The van der Waals surface area contributed by atoms with Crippen LogP contribution in [-0.2, 0) is 9.53 Å². The second kappa shape index (κ2) is 3.37. The predicted molar refractivity (Wildman–Crippen MR) is 54.7 cm³/mol. The van der Waals surface area contributed by atoms with Crippen molar-refractivity contribution in [1.29, 1.82) is 5.26 Å². The van der Waals surface area contributed by atoms with Crippen LogP contribution in [0.3, 0.4) is 0 Å². The molecule has 3 atom stereocenters. The normalized spacial score (nSPS) is 37.3. The smallest absolute Gasteiger partial charge is 0.333 e. The van der Waals surface area contributed by atoms with E-state index in [0.717, 1.165) is 25.7 Å². The summed E-state index contributed by atoms with van der Waals surface area (Å²) in [5.74, 6) is 0.217. The molecule has 3 nitrogen and oxygen atoms in total. The van der Waals surface area contributed by atoms with E-state index in [1.807, 2.05) is 0 Å². The largest absolute Gasteiger partial charge is 0.457 e. The summed E-state index contributed by atoms with van der Waals surface area (Å²) in [5.41, 5.74) is 0.0151. The monoisotopic (exact) mass is 205 g/mol. The maximum absolute atomic E-state index is 11.4. The molecule has 2 rings (SSSR count). The summed E-state index contributed by atoms with van der Waals surface area (Å²) in [7, 11) is 0. The highest BCUT2D eigenvalue weighted by atomic mass is 16.5. The summed E-state index contributed by atoms with van der Waals surface area (Å²) >= 11 is 0. The first-order valence-electron chi connectivity index (χ1n) is 5.35. The van der Waals surface area contributed by atoms with Crippen LogP contribution in [0.5, 0.6) is 0 Å². The van der Waals surface area contributed by atoms with Gasteiger partial charge in [0, 0.05) is 5.57 Å². The van der Waals surface area contributed by atoms with Crippen molar-refractivity contribution in [2.45, 2.75) is 38.7 Å². The van der Waals surface area contributed by atoms with Gasteiger partial charge in [0.25, 0.3) is 0 Å². The van der Waals surface area contributed by atoms with Crippen molar-refractivity contribution >= 4 is 5.97 Å². The molecule has 2 aliphatic rings. The van der Waals surface area contributed by atoms with Crippen LogP contribution in [0.1, 0.15) is 32.6 Å². The molecule has 0 radical (unpaired) electrons. The van der Waals surface area contributed by atoms with Gasteiger partial charge in [-0.05, 0) is 38.5 Å². The Kier molecular flexibility index (Phi) is 2.30. The summed E-state index contributed by atoms with van der Waals surface area (Å²) in [6.45, 7) is 5.18. The van der Waals surface area contributed by atoms with Gasteiger partial charge < -0.3 is 4.74 Å². The highest BCUT2D eigenvalue weighted by Gasteiger charge is 2.54. The van der Waals surface area contributed by atoms with Gasteiger partial charge in [-0.1, -0.05) is 6.58 Å². The van der Waals surface area contributed by atoms with E-state index in [9.17, 15) is 10.1 Å². The number of fused-ring (bicyclic) bond motifs is 2. The average Bonchev–Trinajstić information content (AvgIpc) is 2.75. The van der Waals surface area contributed by atoms with Gasteiger partial charge in [0.15, 0.2) is 0 Å². The first-order valence-corrected chi connectivity index (χ1v) is 5.35. The van der Waals surface area contributed by atoms with E-state index in [1.165, 1.54) is 0 Å². The molecule has 0 spiro atoms. The first-order chi connectivity index (χ1) is 7.07. The van der Waals surface area contributed by atoms with Crippen molar-refractivity contribution in [2.75, 3.05) is 0 Å². The summed E-state index contributed by atoms with van der Waals surface area (Å²) in [6.07, 6.45) is 3.53. The van der Waals surface area contributed by atoms with Crippen molar-refractivity contribution in [3.05, 3.63) is 12.2 Å². The molecule has 2 fully saturated rings. The fourth-order valence-corrected chi connectivity index (χ4v) is 2.77. The summed E-state index contributed by atoms with van der Waals surface area (Å²) in [5, 5.41) is 9.20. The Bertz CT molecular complexity index is 355. The van der Waals surface area contributed by atoms with E-state index in [-0.39, 0.29) is 12.1 Å². The van der Waals surface area contributed by atoms with Gasteiger partial charge in [-0.2, -0.15) is 5.26 Å². The number of carbonyl (C=O) groups excluding carboxylic acids is 1. The molecule has 0 aromatic rings. The van der Waals surface area contributed by atoms with Crippen LogP contribution in [0, 0.1) is 22.7 Å². The lowest BCUT2D eigenvalue weighted by Crippen LogP contribution is -2.33. The molecule has 0 N–H and O–H groups in total. The minimum Gasteiger partial charge on any atom is -0.457 e. The zero-order chi connectivity index (χ0) is 11.1. The molecule has 0 heterocycles. The quantitative estimate of drug-likeness (QED) is 0.513. The van der Waals surface area contributed by atoms with Crippen LogP contribution in [0.2, 0.25) is 0 Å². The van der Waals surface area contributed by atoms with Crippen molar-refractivity contribution in [1.82, 2.24) is 0 Å². The van der Waals surface area contributed by atoms with Crippen molar-refractivity contribution in [3.63, 3.8) is 0 Å². The third kappa shape index (κ3) is 1.54. The van der Waals surface area contributed by atoms with E-state index >= 15 is 0 Å². The highest BCUT2D eigenvalue weighted by Crippen LogP contribution is 2.54. The molecule has 3 unspecified atom stereocenters. The van der Waals surface area contributed by atoms with E-state index in [1.54, 1.807) is 6.92 Å². The van der Waals surface area contributed by atoms with Crippen molar-refractivity contribution < 1.29 is 9.53 Å². The minimum atomic E-state index is -0.393. The maximum atomic E-state index is 11.4. The SMILES string of the molecule is C=C(C)C(=O)OC1CC2CCC1(C#N)C2. The van der Waals surface area contributed by atoms with Crippen LogP contribution in [0.15, 0.2) is 12.2 Å². The maximum Gasteiger partial charge on any atom is 0.333 e. The number of rotatable bonds is 2. The third-order valence-electron chi connectivity index (χ3n) is 3.64. The van der Waals surface area contributed by atoms with Gasteiger partial charge in [-0.15, -0.1) is 0 Å². The number of nitrogens with zero attached hydrogens (tertiary/aromatic N) is 1. The van der Waals surface area contributed by atoms with E-state index in [4.69, 9.17) is 4.74 Å². The van der Waals surface area contributed by atoms with Gasteiger partial charge in [0.1, 0.15) is 6.10 Å². The van der Waals surface area contributed by atoms with E-state index in [2.05, 4.69) is 12.6 Å². The molecule has 0 amide bonds. The highest BCUT2D eigenvalue weighted by molar-refractivity contribution is 5.87. The van der Waals surface area contributed by atoms with Gasteiger partial charge in [0.05, 0.1) is 11.5 Å². The zero-order valence-corrected chi connectivity index (χ0v) is 8.95. The molecule has 80 valence electrons. The van der Waals surface area contributed by atoms with Crippen LogP contribution < -0.4 is 0 Å². The minimum absolute atomic E-state index is 0.203. The third-order valence-corrected chi connectivity index (χ3v) is 3.64. The molecule has 2 saturated carbocycles. The second-order valence-corrected chi connectivity index (χ2v) is 4.79. The molecule has 0 saturated heterocycles. The Morgan fingerprint density at radius 1 is 1.67 bits per heavy atom. The van der Waals surface area contributed by atoms with Crippen LogP contribution >= 0.6 is 0 Å². The second-order valence-electron chi connectivity index (χ2n) is 4.79. The van der Waals surface area contributed by atoms with Gasteiger partial charge in [0.2, 0.25) is 0 Å². The average molecular weight is 205 g/mol. The molecular formula is C12H15NO2. The van der Waals surface area contributed by atoms with Crippen molar-refractivity contribution in [3.8, 4) is 6.07 Å². The molecule has 2 aliphatic carbocycles. The molecular weight excluding hydrogens is 190 g/mol.